The minimum absolute atomic E-state index is 0.00319. The zero-order chi connectivity index (χ0) is 86.2. The van der Waals surface area contributed by atoms with Crippen molar-refractivity contribution in [3.05, 3.63) is 24.7 Å². The van der Waals surface area contributed by atoms with Gasteiger partial charge in [-0.05, 0) is 107 Å². The molecule has 0 spiro atoms. The van der Waals surface area contributed by atoms with Gasteiger partial charge in [-0.1, -0.05) is 13.2 Å². The van der Waals surface area contributed by atoms with Crippen molar-refractivity contribution in [2.75, 3.05) is 205 Å². The van der Waals surface area contributed by atoms with Crippen molar-refractivity contribution in [3.63, 3.8) is 0 Å². The lowest BCUT2D eigenvalue weighted by molar-refractivity contribution is -0.144. The van der Waals surface area contributed by atoms with Crippen LogP contribution in [0.5, 0.6) is 0 Å². The van der Waals surface area contributed by atoms with Crippen molar-refractivity contribution in [2.24, 2.45) is 11.8 Å². The van der Waals surface area contributed by atoms with Crippen LogP contribution in [0.3, 0.4) is 0 Å². The predicted octanol–water partition coefficient (Wildman–Crippen LogP) is 3.50. The minimum Gasteiger partial charge on any atom is -0.499 e. The molecule has 40 heteroatoms. The van der Waals surface area contributed by atoms with Crippen molar-refractivity contribution in [3.8, 4) is 0 Å². The van der Waals surface area contributed by atoms with Gasteiger partial charge in [0.1, 0.15) is 23.1 Å². The van der Waals surface area contributed by atoms with E-state index in [9.17, 15) is 80.4 Å². The molecule has 32 nitrogen and oxygen atoms in total. The average molecular weight is 1750 g/mol. The van der Waals surface area contributed by atoms with E-state index in [2.05, 4.69) is 17.9 Å². The van der Waals surface area contributed by atoms with E-state index in [0.717, 1.165) is 87.0 Å². The third-order valence-corrected chi connectivity index (χ3v) is 25.9. The maximum Gasteiger partial charge on any atom is 0.305 e. The first-order valence-corrected chi connectivity index (χ1v) is 49.7. The van der Waals surface area contributed by atoms with Crippen LogP contribution in [0.15, 0.2) is 24.7 Å². The number of ketones is 4. The summed E-state index contributed by atoms with van der Waals surface area (Å²) in [5.74, 6) is 3.10. The largest absolute Gasteiger partial charge is 0.499 e. The first kappa shape index (κ1) is 118. The van der Waals surface area contributed by atoms with Crippen molar-refractivity contribution in [1.29, 1.82) is 0 Å². The molecule has 2 aliphatic heterocycles. The molecule has 2 atom stereocenters. The van der Waals surface area contributed by atoms with Crippen LogP contribution in [0.1, 0.15) is 158 Å². The van der Waals surface area contributed by atoms with Gasteiger partial charge in [-0.2, -0.15) is 35.3 Å². The van der Waals surface area contributed by atoms with Crippen LogP contribution in [0, 0.1) is 11.8 Å². The van der Waals surface area contributed by atoms with E-state index in [0.29, 0.717) is 75.8 Å². The molecule has 0 saturated carbocycles. The fourth-order valence-corrected chi connectivity index (χ4v) is 16.8. The van der Waals surface area contributed by atoms with Gasteiger partial charge in [0, 0.05) is 131 Å². The molecule has 7 N–H and O–H groups in total. The average Bonchev–Trinajstić information content (AvgIpc) is 0.898. The van der Waals surface area contributed by atoms with Gasteiger partial charge in [-0.3, -0.25) is 38.4 Å². The molecule has 111 heavy (non-hydrogen) atoms. The molecule has 0 aliphatic carbocycles. The smallest absolute Gasteiger partial charge is 0.305 e. The molecule has 2 amide bonds. The van der Waals surface area contributed by atoms with Crippen LogP contribution in [0.25, 0.3) is 0 Å². The molecule has 658 valence electrons. The topological polar surface area (TPSA) is 502 Å². The Morgan fingerprint density at radius 1 is 0.360 bits per heavy atom. The first-order valence-electron chi connectivity index (χ1n) is 37.1. The Morgan fingerprint density at radius 2 is 0.667 bits per heavy atom. The number of piperidine rings is 2. The molecule has 2 fully saturated rings. The summed E-state index contributed by atoms with van der Waals surface area (Å²) < 4.78 is 136. The molecular weight excluding hydrogens is 1620 g/mol. The number of aliphatic hydroxyl groups is 7. The van der Waals surface area contributed by atoms with Gasteiger partial charge in [0.2, 0.25) is 11.8 Å². The number of esters is 2. The number of Topliss-reactive ketones (excluding diaryl/α,β-unsaturated/α-hetero) is 4. The second-order valence-electron chi connectivity index (χ2n) is 24.7. The molecular formula is C71H136N2O30S8. The van der Waals surface area contributed by atoms with E-state index < -0.39 is 61.7 Å². The van der Waals surface area contributed by atoms with E-state index >= 15 is 0 Å². The normalized spacial score (nSPS) is 13.2. The van der Waals surface area contributed by atoms with E-state index in [4.69, 9.17) is 54.7 Å². The number of amides is 2. The van der Waals surface area contributed by atoms with Gasteiger partial charge in [0.25, 0.3) is 0 Å². The van der Waals surface area contributed by atoms with Gasteiger partial charge < -0.3 is 69.2 Å². The van der Waals surface area contributed by atoms with Gasteiger partial charge in [-0.25, -0.2) is 42.1 Å². The molecule has 0 aromatic rings. The second kappa shape index (κ2) is 76.1. The van der Waals surface area contributed by atoms with Gasteiger partial charge in [0.15, 0.2) is 49.2 Å². The van der Waals surface area contributed by atoms with Crippen LogP contribution in [0.2, 0.25) is 0 Å². The third kappa shape index (κ3) is 83.9. The molecule has 0 aromatic carbocycles. The summed E-state index contributed by atoms with van der Waals surface area (Å²) in [5.41, 5.74) is 0. The highest BCUT2D eigenvalue weighted by molar-refractivity contribution is 7.99. The number of hydrogen-bond acceptors (Lipinski definition) is 33. The maximum absolute atomic E-state index is 11.7. The lowest BCUT2D eigenvalue weighted by Gasteiger charge is -2.26. The molecule has 2 heterocycles. The van der Waals surface area contributed by atoms with E-state index in [1.807, 2.05) is 11.8 Å². The quantitative estimate of drug-likeness (QED) is 0.0260. The Hall–Kier alpha value is -3.88. The number of thioether (sulfide) groups is 3. The molecule has 2 unspecified atom stereocenters. The number of nitrogens with zero attached hydrogens (tertiary/aromatic N) is 2. The lowest BCUT2D eigenvalue weighted by atomic mass is 10.0. The summed E-state index contributed by atoms with van der Waals surface area (Å²) in [4.78, 5) is 91.2. The lowest BCUT2D eigenvalue weighted by Crippen LogP contribution is -2.36. The van der Waals surface area contributed by atoms with Crippen LogP contribution in [0.4, 0.5) is 0 Å². The minimum atomic E-state index is -3.40. The number of allylic oxidation sites excluding steroid dienone is 2. The molecule has 0 bridgehead atoms. The Morgan fingerprint density at radius 3 is 1.00 bits per heavy atom. The number of aliphatic hydroxyl groups excluding tert-OH is 7. The molecule has 2 rings (SSSR count). The number of sulfone groups is 5. The zero-order valence-electron chi connectivity index (χ0n) is 67.2. The highest BCUT2D eigenvalue weighted by Crippen LogP contribution is 2.23. The fraction of sp³-hybridized carbons (Fsp3) is 0.831. The third-order valence-electron chi connectivity index (χ3n) is 14.7. The zero-order valence-corrected chi connectivity index (χ0v) is 73.7. The standard InChI is InChI=1S/C13H24O6S.C13H24O4S.C10H19NO4S.C10H19NO2S.C7H14O4S.2C6H12O4S.C6H12O2S/c1-4-18-11(3)12(6-7-13(15)19-5-2)10-20(16,17)9-8-14;1-4-16-11(3)12(10-18-9-8-14)6-7-13(15)17-5-2;12-7-9-16(14,15)8-4-10(13)11-5-2-1-3-6-11;12-7-9-14-8-4-10(13)11-5-2-1-3-6-11;1-7(8)3-5-12(9,10)6-4-11-2;2*1-6(8)2-4-11(9,10)5-3-7;1-6(8)2-4-9-5-3-7/h12,14H,3-10H2,1-2H3;12,14H,3-10H2,1-2H3;12H,1-9H2;12H,1-9H2;3-6H2,1-2H3;2*7H,2-5H2,1H3;7H,2-5H2,1H3. The van der Waals surface area contributed by atoms with Crippen molar-refractivity contribution in [2.45, 2.75) is 158 Å². The predicted molar refractivity (Wildman–Crippen MR) is 438 cm³/mol. The molecule has 0 radical (unpaired) electrons. The number of carbonyl (C=O) groups is 8. The fourth-order valence-electron chi connectivity index (χ4n) is 8.64. The van der Waals surface area contributed by atoms with E-state index in [-0.39, 0.29) is 189 Å². The van der Waals surface area contributed by atoms with Gasteiger partial charge in [-0.15, -0.1) is 0 Å². The monoisotopic (exact) mass is 1750 g/mol. The number of hydrogen-bond donors (Lipinski definition) is 7. The maximum atomic E-state index is 11.7. The Balaban J connectivity index is -0.000000287. The van der Waals surface area contributed by atoms with Crippen LogP contribution >= 0.6 is 35.3 Å². The van der Waals surface area contributed by atoms with Crippen molar-refractivity contribution in [1.82, 2.24) is 9.80 Å². The van der Waals surface area contributed by atoms with E-state index in [1.165, 1.54) is 34.3 Å². The van der Waals surface area contributed by atoms with Crippen LogP contribution < -0.4 is 0 Å². The summed E-state index contributed by atoms with van der Waals surface area (Å²) in [7, 11) is -14.7. The van der Waals surface area contributed by atoms with Crippen molar-refractivity contribution < 1.29 is 140 Å². The number of rotatable bonds is 53. The Bertz CT molecular complexity index is 3020. The molecule has 2 saturated heterocycles. The highest BCUT2D eigenvalue weighted by atomic mass is 32.2. The number of methoxy groups -OCH3 is 1. The first-order chi connectivity index (χ1) is 52.1. The summed E-state index contributed by atoms with van der Waals surface area (Å²) in [6.07, 6.45) is 9.71. The van der Waals surface area contributed by atoms with Crippen LogP contribution in [-0.2, 0) is 111 Å². The summed E-state index contributed by atoms with van der Waals surface area (Å²) in [5, 5.41) is 59.5. The Labute approximate surface area is 675 Å². The SMILES string of the molecule is C=C(OCC)C(CCC(=O)OCC)CS(=O)(=O)CCO.C=C(OCC)C(CCC(=O)OCC)CSCCO.CC(=O)CCS(=O)(=O)CCO.CC(=O)CCS(=O)(=O)CCO.CC(=O)CCSCCO.COCCS(=O)(=O)CCC(C)=O.O=C(CCS(=O)(=O)CCO)N1CCCCC1.O=C(CCSCCO)N1CCCCC1. The number of likely N-dealkylation sites (tertiary alicyclic amines) is 2. The van der Waals surface area contributed by atoms with Gasteiger partial charge in [0.05, 0.1) is 148 Å². The van der Waals surface area contributed by atoms with Crippen LogP contribution in [-0.4, -0.2) is 339 Å². The summed E-state index contributed by atoms with van der Waals surface area (Å²) >= 11 is 4.90. The number of ether oxygens (including phenoxy) is 5. The second-order valence-corrected chi connectivity index (χ2v) is 39.7. The highest BCUT2D eigenvalue weighted by Gasteiger charge is 2.25. The molecule has 0 aromatic heterocycles. The number of carbonyl (C=O) groups excluding carboxylic acids is 8. The summed E-state index contributed by atoms with van der Waals surface area (Å²) in [6, 6.07) is 0. The summed E-state index contributed by atoms with van der Waals surface area (Å²) in [6.45, 7) is 24.7. The molecule has 2 aliphatic rings. The Kier molecular flexibility index (Phi) is 80.9. The van der Waals surface area contributed by atoms with Crippen molar-refractivity contribution >= 4 is 131 Å². The van der Waals surface area contributed by atoms with Gasteiger partial charge >= 0.3 is 11.9 Å². The van der Waals surface area contributed by atoms with E-state index in [1.54, 1.807) is 67.9 Å².